The molecule has 1 aliphatic heterocycles. The number of nitrogens with zero attached hydrogens (tertiary/aromatic N) is 3. The molecule has 31 heavy (non-hydrogen) atoms. The molecule has 1 saturated carbocycles. The zero-order valence-corrected chi connectivity index (χ0v) is 19.7. The van der Waals surface area contributed by atoms with Gasteiger partial charge in [-0.2, -0.15) is 4.31 Å². The minimum Gasteiger partial charge on any atom is -0.343 e. The smallest absolute Gasteiger partial charge is 0.308 e. The van der Waals surface area contributed by atoms with Crippen molar-refractivity contribution >= 4 is 37.5 Å². The molecule has 0 radical (unpaired) electrons. The Labute approximate surface area is 187 Å². The molecule has 0 spiro atoms. The van der Waals surface area contributed by atoms with Gasteiger partial charge in [0.25, 0.3) is 0 Å². The van der Waals surface area contributed by atoms with Gasteiger partial charge < -0.3 is 4.90 Å². The predicted molar refractivity (Wildman–Crippen MR) is 123 cm³/mol. The summed E-state index contributed by atoms with van der Waals surface area (Å²) >= 11 is 1.04. The van der Waals surface area contributed by atoms with Crippen molar-refractivity contribution < 1.29 is 13.2 Å². The van der Waals surface area contributed by atoms with Crippen LogP contribution in [0.1, 0.15) is 57.8 Å². The lowest BCUT2D eigenvalue weighted by Crippen LogP contribution is -2.38. The number of benzene rings is 1. The van der Waals surface area contributed by atoms with Crippen molar-refractivity contribution in [3.05, 3.63) is 27.9 Å². The molecule has 2 aliphatic rings. The van der Waals surface area contributed by atoms with Crippen molar-refractivity contribution in [2.24, 2.45) is 0 Å². The number of carbonyl (C=O) groups excluding carboxylic acids is 1. The number of rotatable bonds is 6. The molecule has 1 aliphatic carbocycles. The van der Waals surface area contributed by atoms with Gasteiger partial charge in [0, 0.05) is 39.1 Å². The number of thiazole rings is 1. The molecule has 1 saturated heterocycles. The zero-order valence-electron chi connectivity index (χ0n) is 18.1. The van der Waals surface area contributed by atoms with E-state index in [0.29, 0.717) is 16.8 Å². The van der Waals surface area contributed by atoms with Crippen molar-refractivity contribution in [3.8, 4) is 0 Å². The van der Waals surface area contributed by atoms with Gasteiger partial charge in [-0.1, -0.05) is 30.6 Å². The van der Waals surface area contributed by atoms with Gasteiger partial charge in [0.05, 0.1) is 15.1 Å². The summed E-state index contributed by atoms with van der Waals surface area (Å²) in [5.74, 6) is 0.0826. The van der Waals surface area contributed by atoms with E-state index in [2.05, 4.69) is 0 Å². The maximum atomic E-state index is 13.2. The van der Waals surface area contributed by atoms with Crippen LogP contribution in [0.3, 0.4) is 0 Å². The lowest BCUT2D eigenvalue weighted by molar-refractivity contribution is -0.132. The van der Waals surface area contributed by atoms with Crippen LogP contribution in [0, 0.1) is 0 Å². The standard InChI is InChI=1S/C22H31N3O4S2/c1-23(17-8-4-2-5-9-17)31(28,29)18-10-11-19-20(16-18)30-22(27)25(19)15-12-21(26)24-13-6-3-7-14-24/h10-11,16-17H,2-9,12-15H2,1H3. The maximum absolute atomic E-state index is 13.2. The van der Waals surface area contributed by atoms with E-state index < -0.39 is 10.0 Å². The first-order valence-corrected chi connectivity index (χ1v) is 13.5. The fourth-order valence-electron chi connectivity index (χ4n) is 4.73. The molecule has 7 nitrogen and oxygen atoms in total. The summed E-state index contributed by atoms with van der Waals surface area (Å²) in [6.07, 6.45) is 8.61. The van der Waals surface area contributed by atoms with E-state index in [9.17, 15) is 18.0 Å². The molecule has 1 aromatic heterocycles. The third-order valence-corrected chi connectivity index (χ3v) is 9.51. The zero-order chi connectivity index (χ0) is 22.0. The van der Waals surface area contributed by atoms with Gasteiger partial charge in [-0.25, -0.2) is 8.42 Å². The third kappa shape index (κ3) is 4.73. The topological polar surface area (TPSA) is 79.7 Å². The van der Waals surface area contributed by atoms with Crippen LogP contribution in [0.2, 0.25) is 0 Å². The number of amides is 1. The molecule has 2 fully saturated rings. The molecule has 1 aromatic carbocycles. The lowest BCUT2D eigenvalue weighted by Gasteiger charge is -2.30. The van der Waals surface area contributed by atoms with Crippen molar-refractivity contribution in [1.82, 2.24) is 13.8 Å². The van der Waals surface area contributed by atoms with Crippen LogP contribution in [0.25, 0.3) is 10.2 Å². The highest BCUT2D eigenvalue weighted by Gasteiger charge is 2.29. The summed E-state index contributed by atoms with van der Waals surface area (Å²) in [7, 11) is -1.94. The van der Waals surface area contributed by atoms with Crippen LogP contribution in [0.15, 0.2) is 27.9 Å². The molecular formula is C22H31N3O4S2. The predicted octanol–water partition coefficient (Wildman–Crippen LogP) is 3.42. The quantitative estimate of drug-likeness (QED) is 0.655. The van der Waals surface area contributed by atoms with Gasteiger partial charge in [0.2, 0.25) is 15.9 Å². The first kappa shape index (κ1) is 22.5. The summed E-state index contributed by atoms with van der Waals surface area (Å²) in [6, 6.07) is 4.95. The van der Waals surface area contributed by atoms with E-state index >= 15 is 0 Å². The Hall–Kier alpha value is -1.71. The average molecular weight is 466 g/mol. The first-order chi connectivity index (χ1) is 14.9. The normalized spacial score (nSPS) is 18.7. The molecule has 2 heterocycles. The molecular weight excluding hydrogens is 434 g/mol. The largest absolute Gasteiger partial charge is 0.343 e. The Morgan fingerprint density at radius 3 is 2.48 bits per heavy atom. The highest BCUT2D eigenvalue weighted by molar-refractivity contribution is 7.89. The monoisotopic (exact) mass is 465 g/mol. The van der Waals surface area contributed by atoms with E-state index in [-0.39, 0.29) is 28.1 Å². The Balaban J connectivity index is 1.52. The summed E-state index contributed by atoms with van der Waals surface area (Å²) in [6.45, 7) is 1.92. The lowest BCUT2D eigenvalue weighted by atomic mass is 9.96. The summed E-state index contributed by atoms with van der Waals surface area (Å²) < 4.78 is 30.1. The molecule has 4 rings (SSSR count). The number of piperidine rings is 1. The van der Waals surface area contributed by atoms with Gasteiger partial charge in [-0.05, 0) is 50.3 Å². The SMILES string of the molecule is CN(C1CCCCC1)S(=O)(=O)c1ccc2c(c1)sc(=O)n2CCC(=O)N1CCCCC1. The first-order valence-electron chi connectivity index (χ1n) is 11.3. The second-order valence-corrected chi connectivity index (χ2v) is 11.6. The number of fused-ring (bicyclic) bond motifs is 1. The fraction of sp³-hybridized carbons (Fsp3) is 0.636. The van der Waals surface area contributed by atoms with Crippen LogP contribution >= 0.6 is 11.3 Å². The van der Waals surface area contributed by atoms with Crippen molar-refractivity contribution in [2.75, 3.05) is 20.1 Å². The highest BCUT2D eigenvalue weighted by atomic mass is 32.2. The van der Waals surface area contributed by atoms with Gasteiger partial charge >= 0.3 is 4.87 Å². The third-order valence-electron chi connectivity index (χ3n) is 6.66. The van der Waals surface area contributed by atoms with Crippen LogP contribution in [0.4, 0.5) is 0 Å². The van der Waals surface area contributed by atoms with E-state index in [1.54, 1.807) is 29.8 Å². The number of aromatic nitrogens is 1. The number of likely N-dealkylation sites (tertiary alicyclic amines) is 1. The second-order valence-electron chi connectivity index (χ2n) is 8.65. The summed E-state index contributed by atoms with van der Waals surface area (Å²) in [4.78, 5) is 27.0. The van der Waals surface area contributed by atoms with Gasteiger partial charge in [0.1, 0.15) is 0 Å². The van der Waals surface area contributed by atoms with Crippen molar-refractivity contribution in [2.45, 2.75) is 75.3 Å². The Kier molecular flexibility index (Phi) is 6.83. The fourth-order valence-corrected chi connectivity index (χ4v) is 7.21. The molecule has 0 bridgehead atoms. The van der Waals surface area contributed by atoms with Crippen LogP contribution in [0.5, 0.6) is 0 Å². The minimum atomic E-state index is -3.61. The van der Waals surface area contributed by atoms with Crippen molar-refractivity contribution in [1.29, 1.82) is 0 Å². The van der Waals surface area contributed by atoms with E-state index in [1.165, 1.54) is 10.7 Å². The second kappa shape index (κ2) is 9.42. The van der Waals surface area contributed by atoms with Gasteiger partial charge in [-0.15, -0.1) is 0 Å². The van der Waals surface area contributed by atoms with Crippen molar-refractivity contribution in [3.63, 3.8) is 0 Å². The number of aryl methyl sites for hydroxylation is 1. The Morgan fingerprint density at radius 2 is 1.77 bits per heavy atom. The van der Waals surface area contributed by atoms with Crippen LogP contribution in [-0.4, -0.2) is 54.3 Å². The molecule has 2 aromatic rings. The minimum absolute atomic E-state index is 0.0404. The van der Waals surface area contributed by atoms with E-state index in [1.807, 2.05) is 4.90 Å². The molecule has 0 N–H and O–H groups in total. The molecule has 170 valence electrons. The summed E-state index contributed by atoms with van der Waals surface area (Å²) in [5, 5.41) is 0. The average Bonchev–Trinajstić information content (AvgIpc) is 3.12. The molecule has 1 amide bonds. The molecule has 0 atom stereocenters. The summed E-state index contributed by atoms with van der Waals surface area (Å²) in [5.41, 5.74) is 0.695. The highest BCUT2D eigenvalue weighted by Crippen LogP contribution is 2.29. The van der Waals surface area contributed by atoms with Gasteiger partial charge in [0.15, 0.2) is 0 Å². The number of hydrogen-bond acceptors (Lipinski definition) is 5. The number of sulfonamides is 1. The molecule has 9 heteroatoms. The maximum Gasteiger partial charge on any atom is 0.308 e. The number of hydrogen-bond donors (Lipinski definition) is 0. The van der Waals surface area contributed by atoms with E-state index in [0.717, 1.165) is 69.4 Å². The van der Waals surface area contributed by atoms with Crippen LogP contribution < -0.4 is 4.87 Å². The Morgan fingerprint density at radius 1 is 1.10 bits per heavy atom. The Bertz CT molecular complexity index is 1090. The number of carbonyl (C=O) groups is 1. The van der Waals surface area contributed by atoms with Crippen LogP contribution in [-0.2, 0) is 21.4 Å². The van der Waals surface area contributed by atoms with E-state index in [4.69, 9.17) is 0 Å². The van der Waals surface area contributed by atoms with Gasteiger partial charge in [-0.3, -0.25) is 14.2 Å². The molecule has 0 unspecified atom stereocenters.